The summed E-state index contributed by atoms with van der Waals surface area (Å²) >= 11 is 0. The third-order valence-electron chi connectivity index (χ3n) is 8.02. The lowest BCUT2D eigenvalue weighted by Crippen LogP contribution is -2.35. The molecule has 0 bridgehead atoms. The average molecular weight is 536 g/mol. The molecule has 0 aliphatic carbocycles. The lowest BCUT2D eigenvalue weighted by atomic mass is 10.0. The molecule has 6 nitrogen and oxygen atoms in total. The van der Waals surface area contributed by atoms with Gasteiger partial charge in [0.15, 0.2) is 11.6 Å². The molecule has 1 fully saturated rings. The topological polar surface area (TPSA) is 74.6 Å². The Morgan fingerprint density at radius 1 is 0.800 bits per heavy atom. The van der Waals surface area contributed by atoms with Crippen molar-refractivity contribution in [1.82, 2.24) is 4.57 Å². The van der Waals surface area contributed by atoms with Crippen molar-refractivity contribution in [1.29, 1.82) is 0 Å². The van der Waals surface area contributed by atoms with Gasteiger partial charge in [-0.25, -0.2) is 0 Å². The number of anilines is 3. The molecule has 5 rings (SSSR count). The summed E-state index contributed by atoms with van der Waals surface area (Å²) in [6.45, 7) is 5.67. The third kappa shape index (κ3) is 6.35. The van der Waals surface area contributed by atoms with Crippen LogP contribution in [0.5, 0.6) is 0 Å². The predicted octanol–water partition coefficient (Wildman–Crippen LogP) is 6.20. The molecule has 0 amide bonds. The number of benzene rings is 3. The van der Waals surface area contributed by atoms with Gasteiger partial charge in [0.2, 0.25) is 0 Å². The number of hydrogen-bond donors (Lipinski definition) is 2. The summed E-state index contributed by atoms with van der Waals surface area (Å²) in [6.07, 6.45) is 2.09. The number of aromatic nitrogens is 1. The van der Waals surface area contributed by atoms with E-state index in [1.165, 1.54) is 0 Å². The van der Waals surface area contributed by atoms with Gasteiger partial charge in [0.05, 0.1) is 6.10 Å². The van der Waals surface area contributed by atoms with Gasteiger partial charge in [-0.1, -0.05) is 24.3 Å². The van der Waals surface area contributed by atoms with E-state index in [0.717, 1.165) is 71.1 Å². The van der Waals surface area contributed by atoms with Gasteiger partial charge in [0.1, 0.15) is 0 Å². The summed E-state index contributed by atoms with van der Waals surface area (Å²) in [4.78, 5) is 27.9. The second-order valence-electron chi connectivity index (χ2n) is 10.8. The smallest absolute Gasteiger partial charge is 0.169 e. The minimum absolute atomic E-state index is 0.0901. The molecule has 40 heavy (non-hydrogen) atoms. The Kier molecular flexibility index (Phi) is 8.17. The maximum atomic E-state index is 12.9. The van der Waals surface area contributed by atoms with Crippen molar-refractivity contribution in [3.8, 4) is 0 Å². The van der Waals surface area contributed by atoms with Crippen molar-refractivity contribution < 1.29 is 14.7 Å². The zero-order valence-electron chi connectivity index (χ0n) is 23.5. The van der Waals surface area contributed by atoms with Crippen molar-refractivity contribution in [3.63, 3.8) is 0 Å². The average Bonchev–Trinajstić information content (AvgIpc) is 3.23. The fourth-order valence-electron chi connectivity index (χ4n) is 5.27. The maximum absolute atomic E-state index is 12.9. The van der Waals surface area contributed by atoms with Crippen LogP contribution in [-0.4, -0.2) is 40.4 Å². The molecule has 206 valence electrons. The molecule has 0 spiro atoms. The number of piperidine rings is 1. The van der Waals surface area contributed by atoms with Crippen LogP contribution in [-0.2, 0) is 19.9 Å². The Morgan fingerprint density at radius 2 is 1.32 bits per heavy atom. The Balaban J connectivity index is 1.13. The fraction of sp³-hybridized carbons (Fsp3) is 0.294. The first-order valence-electron chi connectivity index (χ1n) is 13.9. The first-order valence-corrected chi connectivity index (χ1v) is 13.9. The van der Waals surface area contributed by atoms with Crippen molar-refractivity contribution in [2.45, 2.75) is 45.6 Å². The van der Waals surface area contributed by atoms with E-state index in [9.17, 15) is 14.7 Å². The molecular weight excluding hydrogens is 498 g/mol. The zero-order chi connectivity index (χ0) is 28.2. The highest BCUT2D eigenvalue weighted by Gasteiger charge is 2.18. The number of aliphatic hydroxyl groups is 1. The number of Topliss-reactive ketones (excluding diaryl/α,β-unsaturated/α-hetero) is 2. The van der Waals surface area contributed by atoms with E-state index in [-0.39, 0.29) is 17.7 Å². The monoisotopic (exact) mass is 535 g/mol. The van der Waals surface area contributed by atoms with E-state index in [2.05, 4.69) is 10.2 Å². The Labute approximate surface area is 236 Å². The van der Waals surface area contributed by atoms with Gasteiger partial charge < -0.3 is 19.9 Å². The van der Waals surface area contributed by atoms with E-state index < -0.39 is 0 Å². The minimum Gasteiger partial charge on any atom is -0.393 e. The Morgan fingerprint density at radius 3 is 1.82 bits per heavy atom. The van der Waals surface area contributed by atoms with Crippen LogP contribution in [0.15, 0.2) is 78.9 Å². The number of carbonyl (C=O) groups excluding carboxylic acids is 2. The molecule has 0 unspecified atom stereocenters. The summed E-state index contributed by atoms with van der Waals surface area (Å²) in [5.74, 6) is 0.220. The standard InChI is InChI=1S/C34H37N3O3/c1-23-20-32(24(2)36(23)3)34(40)22-26-6-12-29(13-7-26)35-28-10-4-25(5-11-28)21-33(39)27-8-14-30(15-9-27)37-18-16-31(38)17-19-37/h4-15,20,31,35,38H,16-19,21-22H2,1-3H3. The molecule has 6 heteroatoms. The number of aliphatic hydroxyl groups excluding tert-OH is 1. The number of rotatable bonds is 9. The third-order valence-corrected chi connectivity index (χ3v) is 8.02. The maximum Gasteiger partial charge on any atom is 0.169 e. The number of carbonyl (C=O) groups is 2. The Bertz CT molecular complexity index is 1480. The quantitative estimate of drug-likeness (QED) is 0.250. The molecule has 1 saturated heterocycles. The van der Waals surface area contributed by atoms with Crippen molar-refractivity contribution in [3.05, 3.63) is 113 Å². The number of nitrogens with one attached hydrogen (secondary N) is 1. The van der Waals surface area contributed by atoms with Crippen LogP contribution in [0.3, 0.4) is 0 Å². The largest absolute Gasteiger partial charge is 0.393 e. The minimum atomic E-state index is -0.199. The van der Waals surface area contributed by atoms with Gasteiger partial charge in [-0.15, -0.1) is 0 Å². The van der Waals surface area contributed by atoms with Gasteiger partial charge in [-0.3, -0.25) is 9.59 Å². The highest BCUT2D eigenvalue weighted by molar-refractivity contribution is 5.99. The van der Waals surface area contributed by atoms with Crippen LogP contribution in [0.4, 0.5) is 17.1 Å². The lowest BCUT2D eigenvalue weighted by molar-refractivity contribution is 0.0984. The van der Waals surface area contributed by atoms with Crippen LogP contribution in [0.2, 0.25) is 0 Å². The first kappa shape index (κ1) is 27.4. The molecule has 2 heterocycles. The van der Waals surface area contributed by atoms with E-state index in [4.69, 9.17) is 0 Å². The van der Waals surface area contributed by atoms with Crippen LogP contribution in [0.1, 0.15) is 56.1 Å². The number of hydrogen-bond acceptors (Lipinski definition) is 5. The molecule has 4 aromatic rings. The lowest BCUT2D eigenvalue weighted by Gasteiger charge is -2.31. The molecule has 3 aromatic carbocycles. The van der Waals surface area contributed by atoms with Crippen LogP contribution in [0.25, 0.3) is 0 Å². The second-order valence-corrected chi connectivity index (χ2v) is 10.8. The van der Waals surface area contributed by atoms with Gasteiger partial charge in [-0.05, 0) is 92.4 Å². The number of aryl methyl sites for hydroxylation is 1. The Hall–Kier alpha value is -4.16. The first-order chi connectivity index (χ1) is 19.3. The summed E-state index contributed by atoms with van der Waals surface area (Å²) < 4.78 is 2.04. The van der Waals surface area contributed by atoms with Crippen molar-refractivity contribution in [2.75, 3.05) is 23.3 Å². The summed E-state index contributed by atoms with van der Waals surface area (Å²) in [5, 5.41) is 13.1. The summed E-state index contributed by atoms with van der Waals surface area (Å²) in [5.41, 5.74) is 8.50. The summed E-state index contributed by atoms with van der Waals surface area (Å²) in [6, 6.07) is 25.6. The van der Waals surface area contributed by atoms with E-state index in [0.29, 0.717) is 18.4 Å². The van der Waals surface area contributed by atoms with Gasteiger partial charge in [0.25, 0.3) is 0 Å². The van der Waals surface area contributed by atoms with Crippen LogP contribution < -0.4 is 10.2 Å². The number of ketones is 2. The molecule has 1 aliphatic rings. The van der Waals surface area contributed by atoms with Gasteiger partial charge in [-0.2, -0.15) is 0 Å². The summed E-state index contributed by atoms with van der Waals surface area (Å²) in [7, 11) is 1.98. The highest BCUT2D eigenvalue weighted by Crippen LogP contribution is 2.23. The molecular formula is C34H37N3O3. The SMILES string of the molecule is Cc1cc(C(=O)Cc2ccc(Nc3ccc(CC(=O)c4ccc(N5CCC(O)CC5)cc4)cc3)cc2)c(C)n1C. The number of nitrogens with zero attached hydrogens (tertiary/aromatic N) is 2. The van der Waals surface area contributed by atoms with Gasteiger partial charge in [0, 0.05) is 72.6 Å². The molecule has 1 aromatic heterocycles. The van der Waals surface area contributed by atoms with Crippen molar-refractivity contribution >= 4 is 28.6 Å². The van der Waals surface area contributed by atoms with Gasteiger partial charge >= 0.3 is 0 Å². The molecule has 2 N–H and O–H groups in total. The van der Waals surface area contributed by atoms with E-state index >= 15 is 0 Å². The van der Waals surface area contributed by atoms with Crippen LogP contribution >= 0.6 is 0 Å². The predicted molar refractivity (Wildman–Crippen MR) is 161 cm³/mol. The molecule has 0 atom stereocenters. The molecule has 1 aliphatic heterocycles. The van der Waals surface area contributed by atoms with E-state index in [1.807, 2.05) is 104 Å². The second kappa shape index (κ2) is 11.9. The molecule has 0 saturated carbocycles. The normalized spacial score (nSPS) is 13.8. The highest BCUT2D eigenvalue weighted by atomic mass is 16.3. The molecule has 0 radical (unpaired) electrons. The fourth-order valence-corrected chi connectivity index (χ4v) is 5.27. The van der Waals surface area contributed by atoms with Crippen LogP contribution in [0, 0.1) is 13.8 Å². The van der Waals surface area contributed by atoms with E-state index in [1.54, 1.807) is 0 Å². The van der Waals surface area contributed by atoms with Crippen molar-refractivity contribution in [2.24, 2.45) is 7.05 Å². The zero-order valence-corrected chi connectivity index (χ0v) is 23.5.